The van der Waals surface area contributed by atoms with Crippen LogP contribution in [0.1, 0.15) is 21.5 Å². The minimum absolute atomic E-state index is 0.250. The number of carbonyl (C=O) groups is 1. The maximum atomic E-state index is 12.4. The topological polar surface area (TPSA) is 38.3 Å². The fourth-order valence-electron chi connectivity index (χ4n) is 2.48. The van der Waals surface area contributed by atoms with Gasteiger partial charge in [-0.25, -0.2) is 0 Å². The van der Waals surface area contributed by atoms with Gasteiger partial charge in [-0.3, -0.25) is 4.79 Å². The molecule has 132 valence electrons. The lowest BCUT2D eigenvalue weighted by Gasteiger charge is -2.13. The van der Waals surface area contributed by atoms with Crippen LogP contribution >= 0.6 is 23.2 Å². The van der Waals surface area contributed by atoms with Crippen molar-refractivity contribution in [2.24, 2.45) is 0 Å². The molecule has 0 atom stereocenters. The number of benzene rings is 3. The monoisotopic (exact) mass is 385 g/mol. The van der Waals surface area contributed by atoms with Gasteiger partial charge in [-0.05, 0) is 23.8 Å². The second-order valence-corrected chi connectivity index (χ2v) is 6.45. The van der Waals surface area contributed by atoms with E-state index in [9.17, 15) is 4.79 Å². The summed E-state index contributed by atoms with van der Waals surface area (Å²) in [5, 5.41) is 3.46. The molecule has 0 heterocycles. The summed E-state index contributed by atoms with van der Waals surface area (Å²) in [6, 6.07) is 22.5. The number of para-hydroxylation sites is 1. The molecule has 0 aliphatic heterocycles. The van der Waals surface area contributed by atoms with Crippen molar-refractivity contribution in [3.63, 3.8) is 0 Å². The van der Waals surface area contributed by atoms with Crippen LogP contribution in [0, 0.1) is 0 Å². The fourth-order valence-corrected chi connectivity index (χ4v) is 2.86. The van der Waals surface area contributed by atoms with Crippen LogP contribution in [0.3, 0.4) is 0 Å². The highest BCUT2D eigenvalue weighted by Crippen LogP contribution is 2.26. The molecule has 0 saturated carbocycles. The van der Waals surface area contributed by atoms with Crippen molar-refractivity contribution in [1.82, 2.24) is 5.32 Å². The van der Waals surface area contributed by atoms with E-state index in [1.54, 1.807) is 18.2 Å². The Morgan fingerprint density at radius 1 is 0.885 bits per heavy atom. The summed E-state index contributed by atoms with van der Waals surface area (Å²) in [4.78, 5) is 12.4. The molecule has 0 aliphatic rings. The number of hydrogen-bond donors (Lipinski definition) is 1. The molecule has 0 aliphatic carbocycles. The van der Waals surface area contributed by atoms with Crippen LogP contribution in [0.5, 0.6) is 5.75 Å². The van der Waals surface area contributed by atoms with Crippen molar-refractivity contribution in [2.75, 3.05) is 0 Å². The predicted octanol–water partition coefficient (Wildman–Crippen LogP) is 5.50. The van der Waals surface area contributed by atoms with Crippen molar-refractivity contribution in [1.29, 1.82) is 0 Å². The number of ether oxygens (including phenoxy) is 1. The molecule has 3 rings (SSSR count). The fraction of sp³-hybridized carbons (Fsp3) is 0.0952. The summed E-state index contributed by atoms with van der Waals surface area (Å²) in [5.74, 6) is 0.448. The molecule has 0 bridgehead atoms. The van der Waals surface area contributed by atoms with Crippen molar-refractivity contribution in [3.05, 3.63) is 99.5 Å². The summed E-state index contributed by atoms with van der Waals surface area (Å²) in [7, 11) is 0. The average molecular weight is 386 g/mol. The molecule has 1 amide bonds. The summed E-state index contributed by atoms with van der Waals surface area (Å²) >= 11 is 12.1. The summed E-state index contributed by atoms with van der Waals surface area (Å²) < 4.78 is 5.91. The Labute approximate surface area is 162 Å². The van der Waals surface area contributed by atoms with Gasteiger partial charge in [0.2, 0.25) is 0 Å². The van der Waals surface area contributed by atoms with Crippen LogP contribution in [0.15, 0.2) is 72.8 Å². The van der Waals surface area contributed by atoms with E-state index in [0.717, 1.165) is 16.9 Å². The van der Waals surface area contributed by atoms with Gasteiger partial charge in [-0.2, -0.15) is 0 Å². The first kappa shape index (κ1) is 18.3. The maximum Gasteiger partial charge on any atom is 0.253 e. The van der Waals surface area contributed by atoms with Crippen LogP contribution in [0.25, 0.3) is 0 Å². The quantitative estimate of drug-likeness (QED) is 0.607. The van der Waals surface area contributed by atoms with Crippen LogP contribution in [0.2, 0.25) is 10.0 Å². The maximum absolute atomic E-state index is 12.4. The van der Waals surface area contributed by atoms with E-state index in [4.69, 9.17) is 27.9 Å². The average Bonchev–Trinajstić information content (AvgIpc) is 2.68. The number of nitrogens with one attached hydrogen (secondary N) is 1. The number of halogens is 2. The van der Waals surface area contributed by atoms with Gasteiger partial charge in [0, 0.05) is 12.1 Å². The van der Waals surface area contributed by atoms with Gasteiger partial charge in [-0.15, -0.1) is 0 Å². The molecule has 0 aromatic heterocycles. The lowest BCUT2D eigenvalue weighted by Crippen LogP contribution is -2.23. The number of hydrogen-bond acceptors (Lipinski definition) is 2. The van der Waals surface area contributed by atoms with Gasteiger partial charge in [0.05, 0.1) is 15.6 Å². The molecule has 26 heavy (non-hydrogen) atoms. The largest absolute Gasteiger partial charge is 0.489 e. The first-order valence-electron chi connectivity index (χ1n) is 8.12. The third-order valence-electron chi connectivity index (χ3n) is 3.85. The Morgan fingerprint density at radius 3 is 2.42 bits per heavy atom. The van der Waals surface area contributed by atoms with Crippen molar-refractivity contribution in [3.8, 4) is 5.75 Å². The zero-order valence-electron chi connectivity index (χ0n) is 13.9. The van der Waals surface area contributed by atoms with E-state index in [1.165, 1.54) is 0 Å². The molecular weight excluding hydrogens is 369 g/mol. The van der Waals surface area contributed by atoms with Gasteiger partial charge in [0.1, 0.15) is 12.4 Å². The van der Waals surface area contributed by atoms with Gasteiger partial charge < -0.3 is 10.1 Å². The van der Waals surface area contributed by atoms with Crippen LogP contribution in [-0.4, -0.2) is 5.91 Å². The van der Waals surface area contributed by atoms with Crippen LogP contribution < -0.4 is 10.1 Å². The molecule has 1 N–H and O–H groups in total. The van der Waals surface area contributed by atoms with Gasteiger partial charge >= 0.3 is 0 Å². The molecule has 0 unspecified atom stereocenters. The molecule has 0 fully saturated rings. The zero-order valence-corrected chi connectivity index (χ0v) is 15.4. The molecule has 0 spiro atoms. The number of amides is 1. The molecule has 3 aromatic carbocycles. The molecule has 5 heteroatoms. The third kappa shape index (κ3) is 4.57. The van der Waals surface area contributed by atoms with Crippen molar-refractivity contribution >= 4 is 29.1 Å². The molecule has 3 nitrogen and oxygen atoms in total. The summed E-state index contributed by atoms with van der Waals surface area (Å²) in [6.07, 6.45) is 0. The Morgan fingerprint density at radius 2 is 1.62 bits per heavy atom. The molecule has 0 saturated heterocycles. The first-order valence-corrected chi connectivity index (χ1v) is 8.87. The highest BCUT2D eigenvalue weighted by molar-refractivity contribution is 6.43. The van der Waals surface area contributed by atoms with Crippen molar-refractivity contribution < 1.29 is 9.53 Å². The SMILES string of the molecule is O=C(NCc1ccccc1OCc1ccccc1)c1cccc(Cl)c1Cl. The van der Waals surface area contributed by atoms with Gasteiger partial charge in [0.25, 0.3) is 5.91 Å². The summed E-state index contributed by atoms with van der Waals surface area (Å²) in [5.41, 5.74) is 2.31. The standard InChI is InChI=1S/C21H17Cl2NO2/c22-18-11-6-10-17(20(18)23)21(25)24-13-16-9-4-5-12-19(16)26-14-15-7-2-1-3-8-15/h1-12H,13-14H2,(H,24,25). The van der Waals surface area contributed by atoms with E-state index in [-0.39, 0.29) is 10.9 Å². The van der Waals surface area contributed by atoms with E-state index in [2.05, 4.69) is 5.32 Å². The molecular formula is C21H17Cl2NO2. The summed E-state index contributed by atoms with van der Waals surface area (Å²) in [6.45, 7) is 0.790. The Balaban J connectivity index is 1.66. The van der Waals surface area contributed by atoms with Gasteiger partial charge in [0.15, 0.2) is 0 Å². The van der Waals surface area contributed by atoms with E-state index in [1.807, 2.05) is 54.6 Å². The minimum Gasteiger partial charge on any atom is -0.489 e. The highest BCUT2D eigenvalue weighted by atomic mass is 35.5. The normalized spacial score (nSPS) is 10.4. The van der Waals surface area contributed by atoms with E-state index in [0.29, 0.717) is 23.7 Å². The number of carbonyl (C=O) groups excluding carboxylic acids is 1. The first-order chi connectivity index (χ1) is 12.6. The zero-order chi connectivity index (χ0) is 18.4. The molecule has 0 radical (unpaired) electrons. The second-order valence-electron chi connectivity index (χ2n) is 5.67. The Hall–Kier alpha value is -2.49. The Kier molecular flexibility index (Phi) is 6.16. The smallest absolute Gasteiger partial charge is 0.253 e. The van der Waals surface area contributed by atoms with Crippen molar-refractivity contribution in [2.45, 2.75) is 13.2 Å². The Bertz CT molecular complexity index is 898. The van der Waals surface area contributed by atoms with Crippen LogP contribution in [0.4, 0.5) is 0 Å². The predicted molar refractivity (Wildman–Crippen MR) is 105 cm³/mol. The van der Waals surface area contributed by atoms with Gasteiger partial charge in [-0.1, -0.05) is 77.8 Å². The highest BCUT2D eigenvalue weighted by Gasteiger charge is 2.13. The van der Waals surface area contributed by atoms with E-state index < -0.39 is 0 Å². The van der Waals surface area contributed by atoms with Crippen LogP contribution in [-0.2, 0) is 13.2 Å². The second kappa shape index (κ2) is 8.75. The van der Waals surface area contributed by atoms with E-state index >= 15 is 0 Å². The number of rotatable bonds is 6. The lowest BCUT2D eigenvalue weighted by molar-refractivity contribution is 0.0950. The minimum atomic E-state index is -0.282. The third-order valence-corrected chi connectivity index (χ3v) is 4.66. The molecule has 3 aromatic rings. The lowest BCUT2D eigenvalue weighted by atomic mass is 10.1.